The number of amides is 1. The molecule has 2 bridgehead atoms. The summed E-state index contributed by atoms with van der Waals surface area (Å²) in [6.07, 6.45) is 1.99. The van der Waals surface area contributed by atoms with Gasteiger partial charge in [0.2, 0.25) is 0 Å². The van der Waals surface area contributed by atoms with Crippen LogP contribution in [0, 0.1) is 0 Å². The molecule has 2 fully saturated rings. The molecular formula is C20H19NO3. The minimum absolute atomic E-state index is 0.000915. The van der Waals surface area contributed by atoms with Gasteiger partial charge in [0, 0.05) is 17.5 Å². The van der Waals surface area contributed by atoms with Crippen LogP contribution in [0.15, 0.2) is 60.7 Å². The number of hydrogen-bond acceptors (Lipinski definition) is 2. The zero-order chi connectivity index (χ0) is 16.7. The maximum Gasteiger partial charge on any atom is 0.330 e. The Morgan fingerprint density at radius 1 is 1.00 bits per heavy atom. The average Bonchev–Trinajstić information content (AvgIpc) is 3.17. The van der Waals surface area contributed by atoms with Gasteiger partial charge >= 0.3 is 5.97 Å². The zero-order valence-corrected chi connectivity index (χ0v) is 13.3. The Hall–Kier alpha value is -2.62. The standard InChI is InChI=1S/C20H19NO3/c22-18(15-9-5-2-6-10-15)21-16-11-12-20(21,19(23)24)17(13-16)14-7-3-1-4-8-14/h1-10,16-17H,11-13H2,(H,23,24). The number of nitrogens with zero attached hydrogens (tertiary/aromatic N) is 1. The highest BCUT2D eigenvalue weighted by Crippen LogP contribution is 2.55. The van der Waals surface area contributed by atoms with E-state index in [0.29, 0.717) is 12.0 Å². The first-order valence-electron chi connectivity index (χ1n) is 8.31. The molecule has 0 saturated carbocycles. The van der Waals surface area contributed by atoms with E-state index in [9.17, 15) is 14.7 Å². The van der Waals surface area contributed by atoms with Crippen LogP contribution in [-0.4, -0.2) is 33.5 Å². The Morgan fingerprint density at radius 2 is 1.62 bits per heavy atom. The number of carbonyl (C=O) groups excluding carboxylic acids is 1. The second-order valence-corrected chi connectivity index (χ2v) is 6.66. The van der Waals surface area contributed by atoms with Crippen LogP contribution in [0.5, 0.6) is 0 Å². The normalized spacial score (nSPS) is 28.1. The largest absolute Gasteiger partial charge is 0.479 e. The third-order valence-corrected chi connectivity index (χ3v) is 5.55. The molecule has 2 aromatic rings. The summed E-state index contributed by atoms with van der Waals surface area (Å²) in [6, 6.07) is 18.7. The van der Waals surface area contributed by atoms with Crippen LogP contribution in [0.4, 0.5) is 0 Å². The maximum atomic E-state index is 13.1. The van der Waals surface area contributed by atoms with Gasteiger partial charge in [-0.25, -0.2) is 4.79 Å². The highest BCUT2D eigenvalue weighted by molar-refractivity contribution is 5.99. The average molecular weight is 321 g/mol. The van der Waals surface area contributed by atoms with Crippen LogP contribution in [0.2, 0.25) is 0 Å². The highest BCUT2D eigenvalue weighted by atomic mass is 16.4. The van der Waals surface area contributed by atoms with Gasteiger partial charge < -0.3 is 10.0 Å². The molecule has 2 saturated heterocycles. The summed E-state index contributed by atoms with van der Waals surface area (Å²) >= 11 is 0. The zero-order valence-electron chi connectivity index (χ0n) is 13.3. The SMILES string of the molecule is O=C(c1ccccc1)N1C2CCC1(C(=O)O)C(c1ccccc1)C2. The lowest BCUT2D eigenvalue weighted by Crippen LogP contribution is -2.53. The van der Waals surface area contributed by atoms with E-state index in [1.807, 2.05) is 48.5 Å². The van der Waals surface area contributed by atoms with E-state index in [4.69, 9.17) is 0 Å². The van der Waals surface area contributed by atoms with E-state index in [1.54, 1.807) is 17.0 Å². The molecule has 0 radical (unpaired) electrons. The minimum Gasteiger partial charge on any atom is -0.479 e. The summed E-state index contributed by atoms with van der Waals surface area (Å²) in [6.45, 7) is 0. The molecule has 122 valence electrons. The van der Waals surface area contributed by atoms with E-state index in [-0.39, 0.29) is 17.9 Å². The van der Waals surface area contributed by atoms with Crippen LogP contribution >= 0.6 is 0 Å². The van der Waals surface area contributed by atoms with Crippen LogP contribution in [0.25, 0.3) is 0 Å². The van der Waals surface area contributed by atoms with Gasteiger partial charge in [-0.3, -0.25) is 4.79 Å². The van der Waals surface area contributed by atoms with Crippen molar-refractivity contribution < 1.29 is 14.7 Å². The number of carbonyl (C=O) groups is 2. The van der Waals surface area contributed by atoms with E-state index >= 15 is 0 Å². The van der Waals surface area contributed by atoms with Gasteiger partial charge in [0.1, 0.15) is 5.54 Å². The molecule has 0 aromatic heterocycles. The quantitative estimate of drug-likeness (QED) is 0.943. The summed E-state index contributed by atoms with van der Waals surface area (Å²) in [5, 5.41) is 10.1. The van der Waals surface area contributed by atoms with Gasteiger partial charge in [0.05, 0.1) is 0 Å². The summed E-state index contributed by atoms with van der Waals surface area (Å²) in [7, 11) is 0. The lowest BCUT2D eigenvalue weighted by atomic mass is 9.74. The number of rotatable bonds is 3. The lowest BCUT2D eigenvalue weighted by Gasteiger charge is -2.35. The van der Waals surface area contributed by atoms with E-state index in [2.05, 4.69) is 0 Å². The van der Waals surface area contributed by atoms with E-state index in [0.717, 1.165) is 18.4 Å². The molecule has 3 unspecified atom stereocenters. The summed E-state index contributed by atoms with van der Waals surface area (Å²) in [4.78, 5) is 27.0. The fraction of sp³-hybridized carbons (Fsp3) is 0.300. The van der Waals surface area contributed by atoms with Gasteiger partial charge in [-0.15, -0.1) is 0 Å². The molecule has 2 aliphatic heterocycles. The molecule has 4 rings (SSSR count). The van der Waals surface area contributed by atoms with Crippen molar-refractivity contribution >= 4 is 11.9 Å². The molecule has 1 N–H and O–H groups in total. The smallest absolute Gasteiger partial charge is 0.330 e. The fourth-order valence-electron chi connectivity index (χ4n) is 4.52. The predicted molar refractivity (Wildman–Crippen MR) is 89.8 cm³/mol. The molecule has 4 nitrogen and oxygen atoms in total. The van der Waals surface area contributed by atoms with Crippen LogP contribution in [-0.2, 0) is 4.79 Å². The van der Waals surface area contributed by atoms with Crippen molar-refractivity contribution in [1.82, 2.24) is 4.90 Å². The summed E-state index contributed by atoms with van der Waals surface area (Å²) < 4.78 is 0. The molecular weight excluding hydrogens is 302 g/mol. The van der Waals surface area contributed by atoms with E-state index in [1.165, 1.54) is 0 Å². The Labute approximate surface area is 140 Å². The van der Waals surface area contributed by atoms with Gasteiger partial charge in [0.25, 0.3) is 5.91 Å². The van der Waals surface area contributed by atoms with E-state index < -0.39 is 11.5 Å². The van der Waals surface area contributed by atoms with Gasteiger partial charge in [-0.05, 0) is 37.0 Å². The van der Waals surface area contributed by atoms with Gasteiger partial charge in [-0.1, -0.05) is 48.5 Å². The van der Waals surface area contributed by atoms with Crippen molar-refractivity contribution in [3.8, 4) is 0 Å². The highest BCUT2D eigenvalue weighted by Gasteiger charge is 2.64. The number of carboxylic acids is 1. The molecule has 3 atom stereocenters. The summed E-state index contributed by atoms with van der Waals surface area (Å²) in [5.41, 5.74) is 0.440. The molecule has 24 heavy (non-hydrogen) atoms. The third-order valence-electron chi connectivity index (χ3n) is 5.55. The fourth-order valence-corrected chi connectivity index (χ4v) is 4.52. The lowest BCUT2D eigenvalue weighted by molar-refractivity contribution is -0.148. The molecule has 0 spiro atoms. The van der Waals surface area contributed by atoms with Crippen molar-refractivity contribution in [1.29, 1.82) is 0 Å². The molecule has 0 aliphatic carbocycles. The Bertz CT molecular complexity index is 774. The second-order valence-electron chi connectivity index (χ2n) is 6.66. The van der Waals surface area contributed by atoms with Crippen molar-refractivity contribution in [3.63, 3.8) is 0 Å². The Morgan fingerprint density at radius 3 is 2.25 bits per heavy atom. The van der Waals surface area contributed by atoms with Gasteiger partial charge in [0.15, 0.2) is 0 Å². The number of hydrogen-bond donors (Lipinski definition) is 1. The Kier molecular flexibility index (Phi) is 3.41. The monoisotopic (exact) mass is 321 g/mol. The van der Waals surface area contributed by atoms with Crippen LogP contribution < -0.4 is 0 Å². The van der Waals surface area contributed by atoms with Crippen molar-refractivity contribution in [2.24, 2.45) is 0 Å². The van der Waals surface area contributed by atoms with Crippen molar-refractivity contribution in [3.05, 3.63) is 71.8 Å². The number of aliphatic carboxylic acids is 1. The van der Waals surface area contributed by atoms with Gasteiger partial charge in [-0.2, -0.15) is 0 Å². The molecule has 2 aromatic carbocycles. The second kappa shape index (κ2) is 5.48. The number of benzene rings is 2. The minimum atomic E-state index is -1.13. The first-order valence-corrected chi connectivity index (χ1v) is 8.31. The topological polar surface area (TPSA) is 57.6 Å². The summed E-state index contributed by atoms with van der Waals surface area (Å²) in [5.74, 6) is -1.21. The number of carboxylic acid groups (broad SMARTS) is 1. The first-order chi connectivity index (χ1) is 11.6. The molecule has 1 amide bonds. The maximum absolute atomic E-state index is 13.1. The predicted octanol–water partition coefficient (Wildman–Crippen LogP) is 3.30. The Balaban J connectivity index is 1.78. The number of fused-ring (bicyclic) bond motifs is 2. The van der Waals surface area contributed by atoms with Crippen molar-refractivity contribution in [2.75, 3.05) is 0 Å². The molecule has 2 heterocycles. The molecule has 4 heteroatoms. The van der Waals surface area contributed by atoms with Crippen molar-refractivity contribution in [2.45, 2.75) is 36.8 Å². The first kappa shape index (κ1) is 14.9. The van der Waals surface area contributed by atoms with Crippen LogP contribution in [0.3, 0.4) is 0 Å². The third kappa shape index (κ3) is 1.99. The molecule has 2 aliphatic rings. The van der Waals surface area contributed by atoms with Crippen LogP contribution in [0.1, 0.15) is 41.1 Å².